The fraction of sp³-hybridized carbons (Fsp3) is 0.344. The highest BCUT2D eigenvalue weighted by Crippen LogP contribution is 2.44. The highest BCUT2D eigenvalue weighted by molar-refractivity contribution is 8.00. The summed E-state index contributed by atoms with van der Waals surface area (Å²) in [5.41, 5.74) is 5.31. The number of benzene rings is 3. The van der Waals surface area contributed by atoms with Gasteiger partial charge in [-0.15, -0.1) is 11.8 Å². The third kappa shape index (κ3) is 6.11. The summed E-state index contributed by atoms with van der Waals surface area (Å²) in [6.45, 7) is 3.93. The third-order valence-electron chi connectivity index (χ3n) is 7.69. The molecule has 3 aromatic rings. The van der Waals surface area contributed by atoms with Crippen LogP contribution in [0, 0.1) is 0 Å². The van der Waals surface area contributed by atoms with E-state index in [1.807, 2.05) is 73.7 Å². The van der Waals surface area contributed by atoms with Gasteiger partial charge < -0.3 is 24.8 Å². The second-order valence-corrected chi connectivity index (χ2v) is 11.5. The minimum absolute atomic E-state index is 0.0922. The molecule has 4 atom stereocenters. The Balaban J connectivity index is 1.33. The van der Waals surface area contributed by atoms with Crippen molar-refractivity contribution >= 4 is 29.7 Å². The number of fused-ring (bicyclic) bond motifs is 3. The number of carboxylic acid groups (broad SMARTS) is 1. The van der Waals surface area contributed by atoms with Gasteiger partial charge in [-0.1, -0.05) is 85.8 Å². The summed E-state index contributed by atoms with van der Waals surface area (Å²) >= 11 is 1.43. The lowest BCUT2D eigenvalue weighted by Gasteiger charge is -2.33. The molecular formula is C32H34N2O6S. The molecule has 1 aliphatic carbocycles. The van der Waals surface area contributed by atoms with E-state index in [9.17, 15) is 19.5 Å². The molecule has 3 aromatic carbocycles. The van der Waals surface area contributed by atoms with E-state index in [-0.39, 0.29) is 30.3 Å². The quantitative estimate of drug-likeness (QED) is 0.340. The average Bonchev–Trinajstić information content (AvgIpc) is 3.57. The molecule has 41 heavy (non-hydrogen) atoms. The summed E-state index contributed by atoms with van der Waals surface area (Å²) in [5, 5.41) is 12.2. The topological polar surface area (TPSA) is 105 Å². The zero-order chi connectivity index (χ0) is 28.9. The van der Waals surface area contributed by atoms with Crippen LogP contribution in [0.2, 0.25) is 0 Å². The molecule has 1 heterocycles. The Morgan fingerprint density at radius 2 is 1.59 bits per heavy atom. The van der Waals surface area contributed by atoms with Crippen molar-refractivity contribution in [3.8, 4) is 11.1 Å². The predicted molar refractivity (Wildman–Crippen MR) is 157 cm³/mol. The fourth-order valence-corrected chi connectivity index (χ4v) is 6.92. The van der Waals surface area contributed by atoms with Crippen LogP contribution >= 0.6 is 11.8 Å². The number of amides is 2. The molecule has 1 saturated heterocycles. The lowest BCUT2D eigenvalue weighted by atomic mass is 9.98. The first kappa shape index (κ1) is 28.7. The molecular weight excluding hydrogens is 540 g/mol. The minimum Gasteiger partial charge on any atom is -0.480 e. The van der Waals surface area contributed by atoms with E-state index in [1.54, 1.807) is 6.92 Å². The lowest BCUT2D eigenvalue weighted by Crippen LogP contribution is -2.58. The maximum atomic E-state index is 13.9. The van der Waals surface area contributed by atoms with Gasteiger partial charge in [-0.05, 0) is 41.2 Å². The summed E-state index contributed by atoms with van der Waals surface area (Å²) in [4.78, 5) is 40.5. The third-order valence-corrected chi connectivity index (χ3v) is 9.14. The molecule has 8 nitrogen and oxygen atoms in total. The van der Waals surface area contributed by atoms with Crippen LogP contribution in [-0.4, -0.2) is 63.9 Å². The molecule has 0 spiro atoms. The minimum atomic E-state index is -1.14. The maximum Gasteiger partial charge on any atom is 0.407 e. The van der Waals surface area contributed by atoms with Crippen LogP contribution in [0.1, 0.15) is 42.9 Å². The van der Waals surface area contributed by atoms with Gasteiger partial charge in [-0.2, -0.15) is 0 Å². The van der Waals surface area contributed by atoms with Crippen LogP contribution in [0.15, 0.2) is 78.9 Å². The molecule has 2 unspecified atom stereocenters. The van der Waals surface area contributed by atoms with Gasteiger partial charge in [0.25, 0.3) is 0 Å². The van der Waals surface area contributed by atoms with Gasteiger partial charge in [-0.3, -0.25) is 4.79 Å². The van der Waals surface area contributed by atoms with E-state index in [0.717, 1.165) is 27.8 Å². The average molecular weight is 575 g/mol. The van der Waals surface area contributed by atoms with E-state index >= 15 is 0 Å². The molecule has 9 heteroatoms. The van der Waals surface area contributed by atoms with Crippen molar-refractivity contribution < 1.29 is 29.0 Å². The molecule has 2 amide bonds. The van der Waals surface area contributed by atoms with Crippen molar-refractivity contribution in [1.82, 2.24) is 10.2 Å². The van der Waals surface area contributed by atoms with Crippen molar-refractivity contribution in [1.29, 1.82) is 0 Å². The first-order valence-corrected chi connectivity index (χ1v) is 14.9. The fourth-order valence-electron chi connectivity index (χ4n) is 5.57. The monoisotopic (exact) mass is 574 g/mol. The van der Waals surface area contributed by atoms with E-state index in [4.69, 9.17) is 9.47 Å². The molecule has 2 aliphatic rings. The van der Waals surface area contributed by atoms with Gasteiger partial charge in [-0.25, -0.2) is 9.59 Å². The van der Waals surface area contributed by atoms with Crippen molar-refractivity contribution in [2.45, 2.75) is 56.4 Å². The second-order valence-electron chi connectivity index (χ2n) is 10.2. The van der Waals surface area contributed by atoms with Crippen LogP contribution in [0.5, 0.6) is 0 Å². The highest BCUT2D eigenvalue weighted by atomic mass is 32.2. The molecule has 1 fully saturated rings. The molecule has 5 rings (SSSR count). The van der Waals surface area contributed by atoms with E-state index < -0.39 is 36.2 Å². The van der Waals surface area contributed by atoms with Gasteiger partial charge in [0.2, 0.25) is 5.91 Å². The number of carbonyl (C=O) groups is 3. The SMILES string of the molecule is CCC1SCC(C(=O)O)N1C(=O)[C@H](NC(=O)OCC1c2ccccc2-c2ccccc21)[C@H](C)OCc1ccccc1. The van der Waals surface area contributed by atoms with Gasteiger partial charge in [0.1, 0.15) is 18.7 Å². The smallest absolute Gasteiger partial charge is 0.407 e. The summed E-state index contributed by atoms with van der Waals surface area (Å²) in [6, 6.07) is 23.5. The zero-order valence-electron chi connectivity index (χ0n) is 23.1. The number of ether oxygens (including phenoxy) is 2. The molecule has 1 aliphatic heterocycles. The summed E-state index contributed by atoms with van der Waals surface area (Å²) in [7, 11) is 0. The first-order valence-electron chi connectivity index (χ1n) is 13.8. The van der Waals surface area contributed by atoms with E-state index in [2.05, 4.69) is 17.4 Å². The number of alkyl carbamates (subject to hydrolysis) is 1. The number of carbonyl (C=O) groups excluding carboxylic acids is 2. The molecule has 0 bridgehead atoms. The van der Waals surface area contributed by atoms with Crippen LogP contribution in [-0.2, 0) is 25.7 Å². The lowest BCUT2D eigenvalue weighted by molar-refractivity contribution is -0.151. The van der Waals surface area contributed by atoms with Crippen LogP contribution in [0.3, 0.4) is 0 Å². The summed E-state index contributed by atoms with van der Waals surface area (Å²) in [6.07, 6.45) is -0.926. The van der Waals surface area contributed by atoms with Gasteiger partial charge in [0.15, 0.2) is 0 Å². The standard InChI is InChI=1S/C32H34N2O6S/c1-3-28-34(27(19-41-28)31(36)37)30(35)29(20(2)39-17-21-11-5-4-6-12-21)33-32(38)40-18-26-24-15-9-7-13-22(24)23-14-8-10-16-25(23)26/h4-16,20,26-29H,3,17-19H2,1-2H3,(H,33,38)(H,36,37)/t20-,27?,28?,29+/m0/s1. The van der Waals surface area contributed by atoms with Gasteiger partial charge in [0.05, 0.1) is 18.1 Å². The maximum absolute atomic E-state index is 13.9. The Bertz CT molecular complexity index is 1350. The van der Waals surface area contributed by atoms with Gasteiger partial charge >= 0.3 is 12.1 Å². The first-order chi connectivity index (χ1) is 19.9. The van der Waals surface area contributed by atoms with E-state index in [0.29, 0.717) is 6.42 Å². The molecule has 0 saturated carbocycles. The van der Waals surface area contributed by atoms with Gasteiger partial charge in [0, 0.05) is 11.7 Å². The Labute approximate surface area is 244 Å². The summed E-state index contributed by atoms with van der Waals surface area (Å²) < 4.78 is 11.8. The van der Waals surface area contributed by atoms with Crippen LogP contribution < -0.4 is 5.32 Å². The number of hydrogen-bond donors (Lipinski definition) is 2. The number of thioether (sulfide) groups is 1. The summed E-state index contributed by atoms with van der Waals surface area (Å²) in [5.74, 6) is -1.41. The zero-order valence-corrected chi connectivity index (χ0v) is 23.9. The Kier molecular flexibility index (Phi) is 8.95. The van der Waals surface area contributed by atoms with Crippen LogP contribution in [0.4, 0.5) is 4.79 Å². The van der Waals surface area contributed by atoms with Crippen LogP contribution in [0.25, 0.3) is 11.1 Å². The number of rotatable bonds is 10. The molecule has 2 N–H and O–H groups in total. The number of hydrogen-bond acceptors (Lipinski definition) is 6. The van der Waals surface area contributed by atoms with Crippen molar-refractivity contribution in [3.05, 3.63) is 95.6 Å². The molecule has 0 radical (unpaired) electrons. The molecule has 214 valence electrons. The molecule has 0 aromatic heterocycles. The predicted octanol–water partition coefficient (Wildman–Crippen LogP) is 5.26. The van der Waals surface area contributed by atoms with Crippen molar-refractivity contribution in [2.75, 3.05) is 12.4 Å². The Hall–Kier alpha value is -3.82. The van der Waals surface area contributed by atoms with E-state index in [1.165, 1.54) is 16.7 Å². The normalized spacial score (nSPS) is 19.2. The number of aliphatic carboxylic acids is 1. The Morgan fingerprint density at radius 3 is 2.20 bits per heavy atom. The van der Waals surface area contributed by atoms with Crippen molar-refractivity contribution in [2.24, 2.45) is 0 Å². The number of nitrogens with zero attached hydrogens (tertiary/aromatic N) is 1. The largest absolute Gasteiger partial charge is 0.480 e. The number of carboxylic acids is 1. The Morgan fingerprint density at radius 1 is 0.976 bits per heavy atom. The number of nitrogens with one attached hydrogen (secondary N) is 1. The highest BCUT2D eigenvalue weighted by Gasteiger charge is 2.45. The van der Waals surface area contributed by atoms with Crippen molar-refractivity contribution in [3.63, 3.8) is 0 Å². The second kappa shape index (κ2) is 12.8.